The average Bonchev–Trinajstić information content (AvgIpc) is 2.97. The molecule has 0 radical (unpaired) electrons. The number of ether oxygens (including phenoxy) is 1. The van der Waals surface area contributed by atoms with E-state index in [1.165, 1.54) is 24.3 Å². The van der Waals surface area contributed by atoms with Crippen LogP contribution in [0, 0.1) is 0 Å². The van der Waals surface area contributed by atoms with E-state index in [9.17, 15) is 18.0 Å². The van der Waals surface area contributed by atoms with Crippen LogP contribution in [0.1, 0.15) is 54.9 Å². The summed E-state index contributed by atoms with van der Waals surface area (Å²) in [4.78, 5) is 24.5. The molecule has 0 bridgehead atoms. The third-order valence-corrected chi connectivity index (χ3v) is 6.52. The molecule has 1 aliphatic rings. The smallest absolute Gasteiger partial charge is 0.338 e. The molecule has 2 aromatic rings. The summed E-state index contributed by atoms with van der Waals surface area (Å²) in [6.45, 7) is 2.68. The summed E-state index contributed by atoms with van der Waals surface area (Å²) >= 11 is 0. The van der Waals surface area contributed by atoms with Crippen LogP contribution in [0.4, 0.5) is 5.69 Å². The Bertz CT molecular complexity index is 1020. The van der Waals surface area contributed by atoms with Gasteiger partial charge in [-0.15, -0.1) is 0 Å². The third kappa shape index (κ3) is 6.30. The van der Waals surface area contributed by atoms with E-state index >= 15 is 0 Å². The Morgan fingerprint density at radius 2 is 1.94 bits per heavy atom. The van der Waals surface area contributed by atoms with Crippen molar-refractivity contribution in [3.63, 3.8) is 0 Å². The maximum Gasteiger partial charge on any atom is 0.338 e. The Morgan fingerprint density at radius 1 is 1.16 bits per heavy atom. The van der Waals surface area contributed by atoms with Crippen molar-refractivity contribution in [2.24, 2.45) is 0 Å². The molecular formula is C23H28N2O5S. The molecule has 1 aliphatic heterocycles. The molecule has 31 heavy (non-hydrogen) atoms. The van der Waals surface area contributed by atoms with Gasteiger partial charge in [0, 0.05) is 12.2 Å². The van der Waals surface area contributed by atoms with Gasteiger partial charge < -0.3 is 10.1 Å². The second-order valence-corrected chi connectivity index (χ2v) is 9.30. The van der Waals surface area contributed by atoms with Gasteiger partial charge in [0.15, 0.2) is 6.10 Å². The lowest BCUT2D eigenvalue weighted by Crippen LogP contribution is -2.36. The first-order valence-electron chi connectivity index (χ1n) is 10.6. The van der Waals surface area contributed by atoms with Gasteiger partial charge in [-0.05, 0) is 68.0 Å². The van der Waals surface area contributed by atoms with Crippen molar-refractivity contribution in [2.45, 2.75) is 56.4 Å². The summed E-state index contributed by atoms with van der Waals surface area (Å²) < 4.78 is 33.5. The molecule has 0 aromatic heterocycles. The number of sulfonamides is 1. The van der Waals surface area contributed by atoms with Crippen molar-refractivity contribution in [3.8, 4) is 0 Å². The number of esters is 1. The molecule has 0 aliphatic carbocycles. The van der Waals surface area contributed by atoms with Gasteiger partial charge in [-0.25, -0.2) is 13.2 Å². The van der Waals surface area contributed by atoms with Crippen molar-refractivity contribution in [1.29, 1.82) is 0 Å². The predicted octanol–water partition coefficient (Wildman–Crippen LogP) is 3.66. The van der Waals surface area contributed by atoms with Gasteiger partial charge in [-0.1, -0.05) is 31.5 Å². The number of amides is 1. The third-order valence-electron chi connectivity index (χ3n) is 5.14. The molecule has 2 N–H and O–H groups in total. The summed E-state index contributed by atoms with van der Waals surface area (Å²) in [5, 5.41) is 2.71. The minimum absolute atomic E-state index is 0.0534. The number of carbonyl (C=O) groups is 2. The van der Waals surface area contributed by atoms with Gasteiger partial charge in [-0.2, -0.15) is 0 Å². The quantitative estimate of drug-likeness (QED) is 0.605. The van der Waals surface area contributed by atoms with Gasteiger partial charge in [0.05, 0.1) is 10.5 Å². The zero-order valence-electron chi connectivity index (χ0n) is 17.6. The molecule has 0 spiro atoms. The van der Waals surface area contributed by atoms with Crippen molar-refractivity contribution >= 4 is 27.6 Å². The number of carbonyl (C=O) groups excluding carboxylic acids is 2. The number of hydrogen-bond donors (Lipinski definition) is 2. The van der Waals surface area contributed by atoms with E-state index < -0.39 is 22.1 Å². The fourth-order valence-corrected chi connectivity index (χ4v) is 4.45. The summed E-state index contributed by atoms with van der Waals surface area (Å²) in [6.07, 6.45) is 4.32. The number of rotatable bonds is 8. The van der Waals surface area contributed by atoms with Crippen LogP contribution in [0.2, 0.25) is 0 Å². The number of benzene rings is 2. The number of hydrogen-bond acceptors (Lipinski definition) is 5. The minimum atomic E-state index is -3.89. The molecule has 1 unspecified atom stereocenters. The highest BCUT2D eigenvalue weighted by molar-refractivity contribution is 7.92. The molecule has 1 heterocycles. The summed E-state index contributed by atoms with van der Waals surface area (Å²) in [5.41, 5.74) is 1.68. The van der Waals surface area contributed by atoms with Crippen molar-refractivity contribution in [3.05, 3.63) is 59.7 Å². The second-order valence-electron chi connectivity index (χ2n) is 7.61. The van der Waals surface area contributed by atoms with Crippen molar-refractivity contribution in [2.75, 3.05) is 11.3 Å². The summed E-state index contributed by atoms with van der Waals surface area (Å²) in [6, 6.07) is 12.9. The van der Waals surface area contributed by atoms with Crippen LogP contribution in [0.25, 0.3) is 0 Å². The van der Waals surface area contributed by atoms with E-state index in [4.69, 9.17) is 4.74 Å². The largest absolute Gasteiger partial charge is 0.449 e. The molecular weight excluding hydrogens is 416 g/mol. The highest BCUT2D eigenvalue weighted by Crippen LogP contribution is 2.20. The molecule has 1 amide bonds. The first-order chi connectivity index (χ1) is 14.9. The van der Waals surface area contributed by atoms with Crippen molar-refractivity contribution in [1.82, 2.24) is 5.32 Å². The minimum Gasteiger partial charge on any atom is -0.449 e. The summed E-state index contributed by atoms with van der Waals surface area (Å²) in [5.74, 6) is -1.04. The van der Waals surface area contributed by atoms with Crippen LogP contribution < -0.4 is 10.0 Å². The Balaban J connectivity index is 1.70. The zero-order chi connectivity index (χ0) is 22.3. The van der Waals surface area contributed by atoms with Crippen LogP contribution in [0.3, 0.4) is 0 Å². The highest BCUT2D eigenvalue weighted by Gasteiger charge is 2.26. The van der Waals surface area contributed by atoms with Gasteiger partial charge in [0.1, 0.15) is 0 Å². The summed E-state index contributed by atoms with van der Waals surface area (Å²) in [7, 11) is -3.89. The number of aryl methyl sites for hydroxylation is 1. The molecule has 1 saturated heterocycles. The lowest BCUT2D eigenvalue weighted by molar-refractivity contribution is -0.129. The second kappa shape index (κ2) is 10.4. The van der Waals surface area contributed by atoms with E-state index in [1.54, 1.807) is 12.1 Å². The topological polar surface area (TPSA) is 102 Å². The first-order valence-corrected chi connectivity index (χ1v) is 12.1. The van der Waals surface area contributed by atoms with Crippen molar-refractivity contribution < 1.29 is 22.7 Å². The maximum absolute atomic E-state index is 12.8. The molecule has 8 heteroatoms. The van der Waals surface area contributed by atoms with Crippen LogP contribution in [-0.2, 0) is 26.0 Å². The van der Waals surface area contributed by atoms with E-state index in [0.29, 0.717) is 18.7 Å². The van der Waals surface area contributed by atoms with Crippen LogP contribution >= 0.6 is 0 Å². The maximum atomic E-state index is 12.8. The number of nitrogens with one attached hydrogen (secondary N) is 2. The van der Waals surface area contributed by atoms with E-state index in [1.807, 2.05) is 12.1 Å². The van der Waals surface area contributed by atoms with E-state index in [2.05, 4.69) is 17.0 Å². The van der Waals surface area contributed by atoms with E-state index in [-0.39, 0.29) is 16.4 Å². The molecule has 1 atom stereocenters. The van der Waals surface area contributed by atoms with Gasteiger partial charge >= 0.3 is 5.97 Å². The van der Waals surface area contributed by atoms with Gasteiger partial charge in [0.2, 0.25) is 0 Å². The predicted molar refractivity (Wildman–Crippen MR) is 118 cm³/mol. The highest BCUT2D eigenvalue weighted by atomic mass is 32.2. The molecule has 7 nitrogen and oxygen atoms in total. The standard InChI is InChI=1S/C23H28N2O5S/c1-2-3-7-17-11-13-19(14-12-17)25-31(28,29)20-9-6-8-18(16-20)23(27)30-21-10-4-5-15-24-22(21)26/h6,8-9,11-14,16,21,25H,2-5,7,10,15H2,1H3,(H,24,26). The zero-order valence-corrected chi connectivity index (χ0v) is 18.4. The van der Waals surface area contributed by atoms with Crippen LogP contribution in [0.15, 0.2) is 53.4 Å². The lowest BCUT2D eigenvalue weighted by Gasteiger charge is -2.15. The Labute approximate surface area is 183 Å². The Hall–Kier alpha value is -2.87. The Kier molecular flexibility index (Phi) is 7.68. The molecule has 3 rings (SSSR count). The fraction of sp³-hybridized carbons (Fsp3) is 0.391. The molecule has 1 fully saturated rings. The number of unbranched alkanes of at least 4 members (excludes halogenated alkanes) is 1. The molecule has 2 aromatic carbocycles. The molecule has 0 saturated carbocycles. The lowest BCUT2D eigenvalue weighted by atomic mass is 10.1. The Morgan fingerprint density at radius 3 is 2.68 bits per heavy atom. The van der Waals surface area contributed by atoms with Crippen LogP contribution in [0.5, 0.6) is 0 Å². The molecule has 166 valence electrons. The SMILES string of the molecule is CCCCc1ccc(NS(=O)(=O)c2cccc(C(=O)OC3CCCCNC3=O)c2)cc1. The average molecular weight is 445 g/mol. The van der Waals surface area contributed by atoms with E-state index in [0.717, 1.165) is 37.7 Å². The fourth-order valence-electron chi connectivity index (χ4n) is 3.35. The van der Waals surface area contributed by atoms with Crippen LogP contribution in [-0.4, -0.2) is 32.9 Å². The monoisotopic (exact) mass is 444 g/mol. The van der Waals surface area contributed by atoms with Gasteiger partial charge in [-0.3, -0.25) is 9.52 Å². The normalized spacial score (nSPS) is 16.8. The first kappa shape index (κ1) is 22.8. The van der Waals surface area contributed by atoms with Gasteiger partial charge in [0.25, 0.3) is 15.9 Å². The number of anilines is 1.